The minimum absolute atomic E-state index is 0.0521. The number of piperidine rings is 1. The summed E-state index contributed by atoms with van der Waals surface area (Å²) >= 11 is 0. The average Bonchev–Trinajstić information content (AvgIpc) is 3.30. The van der Waals surface area contributed by atoms with E-state index in [9.17, 15) is 9.90 Å². The van der Waals surface area contributed by atoms with Gasteiger partial charge in [-0.15, -0.1) is 0 Å². The molecule has 0 unspecified atom stereocenters. The first kappa shape index (κ1) is 13.4. The zero-order valence-corrected chi connectivity index (χ0v) is 11.7. The lowest BCUT2D eigenvalue weighted by Gasteiger charge is -2.32. The van der Waals surface area contributed by atoms with Crippen LogP contribution in [0.1, 0.15) is 36.0 Å². The van der Waals surface area contributed by atoms with Gasteiger partial charge in [-0.05, 0) is 50.3 Å². The van der Waals surface area contributed by atoms with Gasteiger partial charge in [0.1, 0.15) is 5.75 Å². The van der Waals surface area contributed by atoms with Crippen LogP contribution >= 0.6 is 0 Å². The molecule has 1 amide bonds. The highest BCUT2D eigenvalue weighted by atomic mass is 16.3. The number of phenols is 1. The number of rotatable bonds is 4. The Labute approximate surface area is 119 Å². The summed E-state index contributed by atoms with van der Waals surface area (Å²) in [5.74, 6) is 0.922. The van der Waals surface area contributed by atoms with Gasteiger partial charge in [0.05, 0.1) is 5.56 Å². The van der Waals surface area contributed by atoms with Gasteiger partial charge < -0.3 is 15.3 Å². The highest BCUT2D eigenvalue weighted by Gasteiger charge is 2.27. The van der Waals surface area contributed by atoms with E-state index in [0.717, 1.165) is 38.4 Å². The quantitative estimate of drug-likeness (QED) is 0.883. The van der Waals surface area contributed by atoms with Gasteiger partial charge in [0.25, 0.3) is 5.91 Å². The fraction of sp³-hybridized carbons (Fsp3) is 0.562. The molecule has 2 N–H and O–H groups in total. The molecule has 0 atom stereocenters. The molecule has 1 saturated heterocycles. The summed E-state index contributed by atoms with van der Waals surface area (Å²) in [5.41, 5.74) is 0.414. The van der Waals surface area contributed by atoms with E-state index in [-0.39, 0.29) is 11.7 Å². The van der Waals surface area contributed by atoms with Crippen LogP contribution in [0.5, 0.6) is 5.75 Å². The second kappa shape index (κ2) is 5.83. The first-order chi connectivity index (χ1) is 9.74. The molecule has 1 aromatic rings. The summed E-state index contributed by atoms with van der Waals surface area (Å²) in [6.45, 7) is 2.68. The predicted octanol–water partition coefficient (Wildman–Crippen LogP) is 2.00. The summed E-state index contributed by atoms with van der Waals surface area (Å²) in [6.07, 6.45) is 4.76. The van der Waals surface area contributed by atoms with Crippen LogP contribution in [0.3, 0.4) is 0 Å². The molecule has 20 heavy (non-hydrogen) atoms. The van der Waals surface area contributed by atoms with Crippen molar-refractivity contribution in [3.8, 4) is 5.75 Å². The average molecular weight is 274 g/mol. The van der Waals surface area contributed by atoms with E-state index in [1.807, 2.05) is 4.90 Å². The van der Waals surface area contributed by atoms with Crippen molar-refractivity contribution in [3.63, 3.8) is 0 Å². The molecule has 1 aliphatic heterocycles. The maximum Gasteiger partial charge on any atom is 0.257 e. The SMILES string of the molecule is O=C(c1ccccc1O)N1CCC(NCC2CC2)CC1. The van der Waals surface area contributed by atoms with Crippen molar-refractivity contribution >= 4 is 5.91 Å². The molecule has 4 nitrogen and oxygen atoms in total. The smallest absolute Gasteiger partial charge is 0.257 e. The third-order valence-corrected chi connectivity index (χ3v) is 4.31. The van der Waals surface area contributed by atoms with Gasteiger partial charge in [-0.2, -0.15) is 0 Å². The summed E-state index contributed by atoms with van der Waals surface area (Å²) in [7, 11) is 0. The number of nitrogens with zero attached hydrogens (tertiary/aromatic N) is 1. The molecule has 0 radical (unpaired) electrons. The number of aromatic hydroxyl groups is 1. The molecule has 0 bridgehead atoms. The normalized spacial score (nSPS) is 20.1. The Morgan fingerprint density at radius 2 is 1.90 bits per heavy atom. The number of benzene rings is 1. The molecule has 1 aliphatic carbocycles. The van der Waals surface area contributed by atoms with Crippen LogP contribution < -0.4 is 5.32 Å². The standard InChI is InChI=1S/C16H22N2O2/c19-15-4-2-1-3-14(15)16(20)18-9-7-13(8-10-18)17-11-12-5-6-12/h1-4,12-13,17,19H,5-11H2. The number of nitrogens with one attached hydrogen (secondary N) is 1. The lowest BCUT2D eigenvalue weighted by molar-refractivity contribution is 0.0702. The lowest BCUT2D eigenvalue weighted by atomic mass is 10.0. The van der Waals surface area contributed by atoms with E-state index in [2.05, 4.69) is 5.32 Å². The van der Waals surface area contributed by atoms with Crippen LogP contribution in [-0.4, -0.2) is 41.6 Å². The zero-order chi connectivity index (χ0) is 13.9. The van der Waals surface area contributed by atoms with E-state index in [0.29, 0.717) is 11.6 Å². The van der Waals surface area contributed by atoms with Crippen molar-refractivity contribution < 1.29 is 9.90 Å². The maximum atomic E-state index is 12.3. The van der Waals surface area contributed by atoms with E-state index in [1.54, 1.807) is 24.3 Å². The molecule has 3 rings (SSSR count). The molecular weight excluding hydrogens is 252 g/mol. The van der Waals surface area contributed by atoms with Gasteiger partial charge in [-0.3, -0.25) is 4.79 Å². The van der Waals surface area contributed by atoms with Crippen molar-refractivity contribution in [3.05, 3.63) is 29.8 Å². The maximum absolute atomic E-state index is 12.3. The predicted molar refractivity (Wildman–Crippen MR) is 77.8 cm³/mol. The highest BCUT2D eigenvalue weighted by molar-refractivity contribution is 5.96. The number of carbonyl (C=O) groups excluding carboxylic acids is 1. The molecule has 1 heterocycles. The summed E-state index contributed by atoms with van der Waals surface area (Å²) < 4.78 is 0. The van der Waals surface area contributed by atoms with E-state index < -0.39 is 0 Å². The molecule has 2 fully saturated rings. The van der Waals surface area contributed by atoms with Crippen molar-refractivity contribution in [2.45, 2.75) is 31.7 Å². The van der Waals surface area contributed by atoms with Crippen LogP contribution in [-0.2, 0) is 0 Å². The topological polar surface area (TPSA) is 52.6 Å². The monoisotopic (exact) mass is 274 g/mol. The van der Waals surface area contributed by atoms with Gasteiger partial charge >= 0.3 is 0 Å². The van der Waals surface area contributed by atoms with Gasteiger partial charge in [0.2, 0.25) is 0 Å². The van der Waals surface area contributed by atoms with Crippen LogP contribution in [0.25, 0.3) is 0 Å². The van der Waals surface area contributed by atoms with Crippen molar-refractivity contribution in [2.24, 2.45) is 5.92 Å². The number of hydrogen-bond acceptors (Lipinski definition) is 3. The molecule has 108 valence electrons. The first-order valence-electron chi connectivity index (χ1n) is 7.54. The molecule has 0 spiro atoms. The summed E-state index contributed by atoms with van der Waals surface area (Å²) in [4.78, 5) is 14.2. The molecule has 1 saturated carbocycles. The van der Waals surface area contributed by atoms with Gasteiger partial charge in [-0.25, -0.2) is 0 Å². The number of likely N-dealkylation sites (tertiary alicyclic amines) is 1. The minimum Gasteiger partial charge on any atom is -0.507 e. The molecular formula is C16H22N2O2. The fourth-order valence-corrected chi connectivity index (χ4v) is 2.77. The van der Waals surface area contributed by atoms with Crippen molar-refractivity contribution in [1.29, 1.82) is 0 Å². The number of para-hydroxylation sites is 1. The number of amides is 1. The van der Waals surface area contributed by atoms with Gasteiger partial charge in [0.15, 0.2) is 0 Å². The second-order valence-electron chi connectivity index (χ2n) is 5.94. The second-order valence-corrected chi connectivity index (χ2v) is 5.94. The van der Waals surface area contributed by atoms with E-state index >= 15 is 0 Å². The molecule has 2 aliphatic rings. The zero-order valence-electron chi connectivity index (χ0n) is 11.7. The molecule has 4 heteroatoms. The van der Waals surface area contributed by atoms with Crippen LogP contribution in [0.4, 0.5) is 0 Å². The molecule has 1 aromatic carbocycles. The number of phenolic OH excluding ortho intramolecular Hbond substituents is 1. The van der Waals surface area contributed by atoms with Crippen molar-refractivity contribution in [1.82, 2.24) is 10.2 Å². The van der Waals surface area contributed by atoms with Crippen molar-refractivity contribution in [2.75, 3.05) is 19.6 Å². The largest absolute Gasteiger partial charge is 0.507 e. The van der Waals surface area contributed by atoms with Gasteiger partial charge in [-0.1, -0.05) is 12.1 Å². The van der Waals surface area contributed by atoms with Gasteiger partial charge in [0, 0.05) is 19.1 Å². The number of hydrogen-bond donors (Lipinski definition) is 2. The third-order valence-electron chi connectivity index (χ3n) is 4.31. The van der Waals surface area contributed by atoms with E-state index in [1.165, 1.54) is 12.8 Å². The number of carbonyl (C=O) groups is 1. The van der Waals surface area contributed by atoms with Crippen LogP contribution in [0, 0.1) is 5.92 Å². The Morgan fingerprint density at radius 3 is 2.55 bits per heavy atom. The Morgan fingerprint density at radius 1 is 1.20 bits per heavy atom. The summed E-state index contributed by atoms with van der Waals surface area (Å²) in [6, 6.07) is 7.33. The Bertz CT molecular complexity index is 477. The van der Waals surface area contributed by atoms with Crippen LogP contribution in [0.2, 0.25) is 0 Å². The fourth-order valence-electron chi connectivity index (χ4n) is 2.77. The lowest BCUT2D eigenvalue weighted by Crippen LogP contribution is -2.45. The van der Waals surface area contributed by atoms with Crippen LogP contribution in [0.15, 0.2) is 24.3 Å². The third kappa shape index (κ3) is 3.12. The Hall–Kier alpha value is -1.55. The first-order valence-corrected chi connectivity index (χ1v) is 7.54. The molecule has 0 aromatic heterocycles. The Balaban J connectivity index is 1.52. The Kier molecular flexibility index (Phi) is 3.92. The minimum atomic E-state index is -0.0521. The highest BCUT2D eigenvalue weighted by Crippen LogP contribution is 2.28. The van der Waals surface area contributed by atoms with E-state index in [4.69, 9.17) is 0 Å². The summed E-state index contributed by atoms with van der Waals surface area (Å²) in [5, 5.41) is 13.4.